The minimum Gasteiger partial charge on any atom is -0.341 e. The van der Waals surface area contributed by atoms with Gasteiger partial charge >= 0.3 is 0 Å². The number of piperidine rings is 1. The zero-order chi connectivity index (χ0) is 18.7. The highest BCUT2D eigenvalue weighted by Gasteiger charge is 2.33. The van der Waals surface area contributed by atoms with Crippen LogP contribution < -0.4 is 0 Å². The molecule has 5 nitrogen and oxygen atoms in total. The van der Waals surface area contributed by atoms with Crippen LogP contribution in [-0.4, -0.2) is 43.7 Å². The molecule has 0 radical (unpaired) electrons. The van der Waals surface area contributed by atoms with Gasteiger partial charge in [0.25, 0.3) is 10.0 Å². The van der Waals surface area contributed by atoms with Gasteiger partial charge in [-0.05, 0) is 30.4 Å². The van der Waals surface area contributed by atoms with Crippen molar-refractivity contribution in [2.75, 3.05) is 20.1 Å². The van der Waals surface area contributed by atoms with E-state index in [1.165, 1.54) is 26.6 Å². The molecular weight excluding hydrogens is 375 g/mol. The first-order valence-electron chi connectivity index (χ1n) is 8.41. The van der Waals surface area contributed by atoms with Gasteiger partial charge in [0.15, 0.2) is 0 Å². The third kappa shape index (κ3) is 3.97. The molecule has 8 heteroatoms. The first-order valence-corrected chi connectivity index (χ1v) is 10.7. The van der Waals surface area contributed by atoms with Crippen LogP contribution in [0, 0.1) is 11.7 Å². The Balaban J connectivity index is 1.59. The highest BCUT2D eigenvalue weighted by atomic mass is 32.2. The van der Waals surface area contributed by atoms with Gasteiger partial charge in [0.1, 0.15) is 10.0 Å². The van der Waals surface area contributed by atoms with E-state index in [2.05, 4.69) is 0 Å². The lowest BCUT2D eigenvalue weighted by molar-refractivity contribution is -0.136. The van der Waals surface area contributed by atoms with E-state index >= 15 is 0 Å². The molecule has 1 aromatic carbocycles. The van der Waals surface area contributed by atoms with E-state index in [4.69, 9.17) is 0 Å². The lowest BCUT2D eigenvalue weighted by atomic mass is 9.96. The van der Waals surface area contributed by atoms with Crippen LogP contribution in [0.25, 0.3) is 0 Å². The summed E-state index contributed by atoms with van der Waals surface area (Å²) < 4.78 is 40.6. The number of thiophene rings is 1. The van der Waals surface area contributed by atoms with Gasteiger partial charge in [-0.15, -0.1) is 11.3 Å². The summed E-state index contributed by atoms with van der Waals surface area (Å²) in [6.07, 6.45) is 0.954. The molecule has 3 rings (SSSR count). The molecule has 26 heavy (non-hydrogen) atoms. The van der Waals surface area contributed by atoms with Crippen molar-refractivity contribution in [1.82, 2.24) is 9.21 Å². The van der Waals surface area contributed by atoms with Gasteiger partial charge < -0.3 is 4.90 Å². The summed E-state index contributed by atoms with van der Waals surface area (Å²) in [5, 5.41) is 1.74. The maximum absolute atomic E-state index is 13.8. The molecule has 1 aliphatic heterocycles. The zero-order valence-corrected chi connectivity index (χ0v) is 16.1. The smallest absolute Gasteiger partial charge is 0.252 e. The molecule has 1 aromatic heterocycles. The Morgan fingerprint density at radius 3 is 2.54 bits per heavy atom. The second kappa shape index (κ2) is 7.85. The fourth-order valence-electron chi connectivity index (χ4n) is 3.15. The predicted molar refractivity (Wildman–Crippen MR) is 98.7 cm³/mol. The van der Waals surface area contributed by atoms with Crippen LogP contribution in [0.5, 0.6) is 0 Å². The minimum atomic E-state index is -3.46. The summed E-state index contributed by atoms with van der Waals surface area (Å²) in [7, 11) is -1.81. The van der Waals surface area contributed by atoms with Crippen molar-refractivity contribution in [2.24, 2.45) is 5.92 Å². The van der Waals surface area contributed by atoms with Crippen molar-refractivity contribution in [2.45, 2.75) is 23.6 Å². The van der Waals surface area contributed by atoms with Gasteiger partial charge in [0.2, 0.25) is 5.91 Å². The van der Waals surface area contributed by atoms with Crippen molar-refractivity contribution in [3.8, 4) is 0 Å². The number of carbonyl (C=O) groups excluding carboxylic acids is 1. The van der Waals surface area contributed by atoms with Crippen LogP contribution >= 0.6 is 11.3 Å². The zero-order valence-electron chi connectivity index (χ0n) is 14.5. The second-order valence-electron chi connectivity index (χ2n) is 6.40. The van der Waals surface area contributed by atoms with Gasteiger partial charge in [-0.3, -0.25) is 4.79 Å². The monoisotopic (exact) mass is 396 g/mol. The largest absolute Gasteiger partial charge is 0.341 e. The molecule has 0 spiro atoms. The first-order chi connectivity index (χ1) is 12.4. The van der Waals surface area contributed by atoms with Crippen molar-refractivity contribution in [1.29, 1.82) is 0 Å². The lowest BCUT2D eigenvalue weighted by Crippen LogP contribution is -2.43. The van der Waals surface area contributed by atoms with Crippen molar-refractivity contribution < 1.29 is 17.6 Å². The lowest BCUT2D eigenvalue weighted by Gasteiger charge is -2.32. The van der Waals surface area contributed by atoms with E-state index in [0.717, 1.165) is 0 Å². The van der Waals surface area contributed by atoms with E-state index in [1.807, 2.05) is 0 Å². The Morgan fingerprint density at radius 1 is 1.23 bits per heavy atom. The SMILES string of the molecule is CN(Cc1ccccc1F)C(=O)C1CCN(S(=O)(=O)c2cccs2)CC1. The summed E-state index contributed by atoms with van der Waals surface area (Å²) in [6, 6.07) is 9.71. The maximum atomic E-state index is 13.8. The summed E-state index contributed by atoms with van der Waals surface area (Å²) >= 11 is 1.20. The molecule has 2 aromatic rings. The molecule has 1 fully saturated rings. The van der Waals surface area contributed by atoms with Crippen LogP contribution in [0.2, 0.25) is 0 Å². The van der Waals surface area contributed by atoms with Crippen LogP contribution in [0.1, 0.15) is 18.4 Å². The third-order valence-corrected chi connectivity index (χ3v) is 7.91. The molecule has 1 saturated heterocycles. The average Bonchev–Trinajstić information content (AvgIpc) is 3.18. The van der Waals surface area contributed by atoms with E-state index in [0.29, 0.717) is 35.7 Å². The van der Waals surface area contributed by atoms with Gasteiger partial charge in [-0.25, -0.2) is 12.8 Å². The Labute approximate surface area is 157 Å². The van der Waals surface area contributed by atoms with Gasteiger partial charge in [0, 0.05) is 38.2 Å². The van der Waals surface area contributed by atoms with Gasteiger partial charge in [-0.1, -0.05) is 24.3 Å². The molecule has 1 amide bonds. The van der Waals surface area contributed by atoms with E-state index < -0.39 is 10.0 Å². The molecule has 0 atom stereocenters. The highest BCUT2D eigenvalue weighted by Crippen LogP contribution is 2.27. The van der Waals surface area contributed by atoms with Crippen LogP contribution in [0.4, 0.5) is 4.39 Å². The molecule has 2 heterocycles. The average molecular weight is 397 g/mol. The Kier molecular flexibility index (Phi) is 5.74. The Morgan fingerprint density at radius 2 is 1.92 bits per heavy atom. The number of halogens is 1. The molecule has 0 bridgehead atoms. The van der Waals surface area contributed by atoms with Gasteiger partial charge in [-0.2, -0.15) is 4.31 Å². The predicted octanol–water partition coefficient (Wildman–Crippen LogP) is 2.95. The van der Waals surface area contributed by atoms with E-state index in [9.17, 15) is 17.6 Å². The van der Waals surface area contributed by atoms with Crippen molar-refractivity contribution >= 4 is 27.3 Å². The summed E-state index contributed by atoms with van der Waals surface area (Å²) in [5.41, 5.74) is 0.473. The molecule has 0 saturated carbocycles. The number of benzene rings is 1. The summed E-state index contributed by atoms with van der Waals surface area (Å²) in [5.74, 6) is -0.632. The minimum absolute atomic E-state index is 0.0681. The summed E-state index contributed by atoms with van der Waals surface area (Å²) in [6.45, 7) is 0.855. The molecule has 0 N–H and O–H groups in total. The number of hydrogen-bond acceptors (Lipinski definition) is 4. The molecule has 0 unspecified atom stereocenters. The van der Waals surface area contributed by atoms with Crippen molar-refractivity contribution in [3.63, 3.8) is 0 Å². The van der Waals surface area contributed by atoms with E-state index in [-0.39, 0.29) is 24.2 Å². The molecular formula is C18H21FN2O3S2. The third-order valence-electron chi connectivity index (χ3n) is 4.63. The molecule has 1 aliphatic rings. The van der Waals surface area contributed by atoms with Crippen molar-refractivity contribution in [3.05, 3.63) is 53.2 Å². The quantitative estimate of drug-likeness (QED) is 0.781. The number of sulfonamides is 1. The molecule has 0 aliphatic carbocycles. The fraction of sp³-hybridized carbons (Fsp3) is 0.389. The van der Waals surface area contributed by atoms with E-state index in [1.54, 1.807) is 42.8 Å². The molecule has 140 valence electrons. The second-order valence-corrected chi connectivity index (χ2v) is 9.51. The Bertz CT molecular complexity index is 860. The number of carbonyl (C=O) groups is 1. The highest BCUT2D eigenvalue weighted by molar-refractivity contribution is 7.91. The van der Waals surface area contributed by atoms with Crippen LogP contribution in [0.3, 0.4) is 0 Å². The topological polar surface area (TPSA) is 57.7 Å². The normalized spacial score (nSPS) is 16.5. The maximum Gasteiger partial charge on any atom is 0.252 e. The fourth-order valence-corrected chi connectivity index (χ4v) is 5.77. The van der Waals surface area contributed by atoms with Crippen LogP contribution in [-0.2, 0) is 21.4 Å². The summed E-state index contributed by atoms with van der Waals surface area (Å²) in [4.78, 5) is 14.2. The standard InChI is InChI=1S/C18H21FN2O3S2/c1-20(13-15-5-2-3-6-16(15)19)18(22)14-8-10-21(11-9-14)26(23,24)17-7-4-12-25-17/h2-7,12,14H,8-11,13H2,1H3. The number of rotatable bonds is 5. The first kappa shape index (κ1) is 19.0. The van der Waals surface area contributed by atoms with Crippen LogP contribution in [0.15, 0.2) is 46.0 Å². The number of nitrogens with zero attached hydrogens (tertiary/aromatic N) is 2. The van der Waals surface area contributed by atoms with Gasteiger partial charge in [0.05, 0.1) is 0 Å². The Hall–Kier alpha value is -1.77. The number of amides is 1. The number of hydrogen-bond donors (Lipinski definition) is 0.